The van der Waals surface area contributed by atoms with Crippen LogP contribution in [0, 0.1) is 5.92 Å². The molecule has 1 amide bonds. The summed E-state index contributed by atoms with van der Waals surface area (Å²) in [5.74, 6) is -0.969. The van der Waals surface area contributed by atoms with Crippen molar-refractivity contribution >= 4 is 22.6 Å². The van der Waals surface area contributed by atoms with Crippen molar-refractivity contribution in [3.63, 3.8) is 0 Å². The number of halogens is 3. The molecule has 0 bridgehead atoms. The van der Waals surface area contributed by atoms with E-state index in [-0.39, 0.29) is 5.92 Å². The number of aromatic amines is 1. The lowest BCUT2D eigenvalue weighted by Crippen LogP contribution is -2.46. The molecule has 1 atom stereocenters. The summed E-state index contributed by atoms with van der Waals surface area (Å²) in [4.78, 5) is 24.0. The number of methoxy groups -OCH3 is 1. The zero-order valence-corrected chi connectivity index (χ0v) is 17.4. The summed E-state index contributed by atoms with van der Waals surface area (Å²) in [6, 6.07) is 2.92. The molecule has 0 aliphatic rings. The second-order valence-electron chi connectivity index (χ2n) is 7.54. The van der Waals surface area contributed by atoms with Crippen LogP contribution in [0.2, 0.25) is 0 Å². The van der Waals surface area contributed by atoms with E-state index in [0.717, 1.165) is 22.1 Å². The van der Waals surface area contributed by atoms with E-state index in [9.17, 15) is 18.0 Å². The minimum Gasteiger partial charge on any atom is -0.380 e. The summed E-state index contributed by atoms with van der Waals surface area (Å²) >= 11 is 0. The van der Waals surface area contributed by atoms with E-state index in [2.05, 4.69) is 20.3 Å². The number of alkyl halides is 3. The van der Waals surface area contributed by atoms with E-state index in [0.29, 0.717) is 17.9 Å². The van der Waals surface area contributed by atoms with Gasteiger partial charge in [-0.1, -0.05) is 13.8 Å². The molecular formula is C21H24F3N5O2. The van der Waals surface area contributed by atoms with Crippen molar-refractivity contribution in [1.82, 2.24) is 20.3 Å². The smallest absolute Gasteiger partial charge is 0.380 e. The minimum absolute atomic E-state index is 0.245. The highest BCUT2D eigenvalue weighted by Crippen LogP contribution is 2.30. The molecule has 0 saturated carbocycles. The van der Waals surface area contributed by atoms with Crippen LogP contribution in [0.25, 0.3) is 22.2 Å². The number of aromatic nitrogens is 3. The molecule has 3 aromatic heterocycles. The van der Waals surface area contributed by atoms with E-state index in [1.165, 1.54) is 6.20 Å². The number of amides is 1. The Kier molecular flexibility index (Phi) is 6.79. The monoisotopic (exact) mass is 435 g/mol. The van der Waals surface area contributed by atoms with Crippen LogP contribution in [0.1, 0.15) is 19.4 Å². The summed E-state index contributed by atoms with van der Waals surface area (Å²) in [6.07, 6.45) is 2.27. The highest BCUT2D eigenvalue weighted by Gasteiger charge is 2.30. The van der Waals surface area contributed by atoms with Gasteiger partial charge in [0.05, 0.1) is 12.3 Å². The van der Waals surface area contributed by atoms with Gasteiger partial charge in [0.2, 0.25) is 5.91 Å². The summed E-state index contributed by atoms with van der Waals surface area (Å²) in [5.41, 5.74) is 3.78. The number of nitrogens with one attached hydrogen (secondary N) is 3. The highest BCUT2D eigenvalue weighted by molar-refractivity contribution is 5.94. The number of carbonyl (C=O) groups excluding carboxylic acids is 1. The number of anilines is 1. The van der Waals surface area contributed by atoms with Crippen LogP contribution < -0.4 is 10.6 Å². The van der Waals surface area contributed by atoms with E-state index in [1.807, 2.05) is 17.6 Å². The third-order valence-corrected chi connectivity index (χ3v) is 4.68. The second kappa shape index (κ2) is 9.34. The third-order valence-electron chi connectivity index (χ3n) is 4.68. The average Bonchev–Trinajstić information content (AvgIpc) is 3.13. The highest BCUT2D eigenvalue weighted by atomic mass is 19.4. The van der Waals surface area contributed by atoms with Crippen LogP contribution in [-0.4, -0.2) is 46.7 Å². The van der Waals surface area contributed by atoms with Gasteiger partial charge in [0.15, 0.2) is 0 Å². The maximum absolute atomic E-state index is 12.5. The maximum atomic E-state index is 12.5. The average molecular weight is 435 g/mol. The van der Waals surface area contributed by atoms with Crippen LogP contribution in [-0.2, 0) is 16.1 Å². The fraction of sp³-hybridized carbons (Fsp3) is 0.381. The zero-order chi connectivity index (χ0) is 22.6. The normalized spacial score (nSPS) is 12.9. The van der Waals surface area contributed by atoms with Crippen molar-refractivity contribution < 1.29 is 22.7 Å². The fourth-order valence-corrected chi connectivity index (χ4v) is 3.21. The quantitative estimate of drug-likeness (QED) is 0.499. The molecule has 10 heteroatoms. The Balaban J connectivity index is 1.84. The number of fused-ring (bicyclic) bond motifs is 1. The van der Waals surface area contributed by atoms with E-state index >= 15 is 0 Å². The van der Waals surface area contributed by atoms with Crippen molar-refractivity contribution in [3.05, 3.63) is 42.5 Å². The fourth-order valence-electron chi connectivity index (χ4n) is 3.21. The number of H-pyrrole nitrogens is 1. The molecule has 3 rings (SSSR count). The second-order valence-corrected chi connectivity index (χ2v) is 7.54. The number of rotatable bonds is 8. The van der Waals surface area contributed by atoms with Crippen molar-refractivity contribution in [2.75, 3.05) is 19.0 Å². The van der Waals surface area contributed by atoms with Gasteiger partial charge in [0, 0.05) is 48.4 Å². The number of pyridine rings is 2. The Morgan fingerprint density at radius 1 is 1.23 bits per heavy atom. The van der Waals surface area contributed by atoms with Gasteiger partial charge in [-0.2, -0.15) is 13.2 Å². The topological polar surface area (TPSA) is 91.9 Å². The zero-order valence-electron chi connectivity index (χ0n) is 17.4. The molecule has 0 aliphatic heterocycles. The van der Waals surface area contributed by atoms with E-state index in [4.69, 9.17) is 4.74 Å². The van der Waals surface area contributed by atoms with Gasteiger partial charge >= 0.3 is 6.18 Å². The molecular weight excluding hydrogens is 411 g/mol. The number of nitrogens with zero attached hydrogens (tertiary/aromatic N) is 2. The first-order valence-electron chi connectivity index (χ1n) is 9.69. The van der Waals surface area contributed by atoms with Gasteiger partial charge in [-0.3, -0.25) is 9.78 Å². The van der Waals surface area contributed by atoms with Crippen LogP contribution in [0.5, 0.6) is 0 Å². The van der Waals surface area contributed by atoms with E-state index in [1.54, 1.807) is 39.4 Å². The summed E-state index contributed by atoms with van der Waals surface area (Å²) in [7, 11) is 1.61. The summed E-state index contributed by atoms with van der Waals surface area (Å²) in [5, 5.41) is 5.83. The van der Waals surface area contributed by atoms with Gasteiger partial charge in [0.1, 0.15) is 18.2 Å². The van der Waals surface area contributed by atoms with Crippen LogP contribution in [0.3, 0.4) is 0 Å². The summed E-state index contributed by atoms with van der Waals surface area (Å²) in [6.45, 7) is 2.56. The molecule has 0 spiro atoms. The largest absolute Gasteiger partial charge is 0.405 e. The van der Waals surface area contributed by atoms with Gasteiger partial charge in [-0.05, 0) is 23.6 Å². The number of hydrogen-bond acceptors (Lipinski definition) is 5. The molecule has 3 heterocycles. The molecule has 0 radical (unpaired) electrons. The molecule has 31 heavy (non-hydrogen) atoms. The Bertz CT molecular complexity index is 1050. The Labute approximate surface area is 177 Å². The molecule has 0 fully saturated rings. The molecule has 166 valence electrons. The van der Waals surface area contributed by atoms with Gasteiger partial charge in [-0.15, -0.1) is 0 Å². The molecule has 7 nitrogen and oxygen atoms in total. The standard InChI is InChI=1S/C21H24F3N5O2/c1-12(2)18(20(30)28-11-21(22,23)24)29-15-5-14(7-25-8-15)17-9-27-19-16(17)4-13(6-26-19)10-31-3/h4-9,12,18,29H,10-11H2,1-3H3,(H,26,27)(H,28,30)/t18-/m1/s1. The first-order chi connectivity index (χ1) is 14.7. The molecule has 0 aliphatic carbocycles. The first-order valence-corrected chi connectivity index (χ1v) is 9.69. The number of carbonyl (C=O) groups is 1. The number of hydrogen-bond donors (Lipinski definition) is 3. The molecule has 0 saturated heterocycles. The third kappa shape index (κ3) is 5.72. The maximum Gasteiger partial charge on any atom is 0.405 e. The van der Waals surface area contributed by atoms with Crippen LogP contribution in [0.15, 0.2) is 36.9 Å². The molecule has 0 unspecified atom stereocenters. The van der Waals surface area contributed by atoms with Crippen molar-refractivity contribution in [2.24, 2.45) is 5.92 Å². The molecule has 3 aromatic rings. The first kappa shape index (κ1) is 22.5. The molecule has 3 N–H and O–H groups in total. The molecule has 0 aromatic carbocycles. The lowest BCUT2D eigenvalue weighted by molar-refractivity contribution is -0.139. The lowest BCUT2D eigenvalue weighted by Gasteiger charge is -2.23. The van der Waals surface area contributed by atoms with Gasteiger partial charge < -0.3 is 20.4 Å². The lowest BCUT2D eigenvalue weighted by atomic mass is 10.0. The van der Waals surface area contributed by atoms with Crippen molar-refractivity contribution in [2.45, 2.75) is 32.7 Å². The predicted molar refractivity (Wildman–Crippen MR) is 111 cm³/mol. The van der Waals surface area contributed by atoms with Crippen molar-refractivity contribution in [3.8, 4) is 11.1 Å². The van der Waals surface area contributed by atoms with Gasteiger partial charge in [0.25, 0.3) is 0 Å². The number of ether oxygens (including phenoxy) is 1. The minimum atomic E-state index is -4.47. The predicted octanol–water partition coefficient (Wildman–Crippen LogP) is 3.89. The van der Waals surface area contributed by atoms with Crippen LogP contribution >= 0.6 is 0 Å². The Hall–Kier alpha value is -3.14. The van der Waals surface area contributed by atoms with Crippen LogP contribution in [0.4, 0.5) is 18.9 Å². The Morgan fingerprint density at radius 2 is 2.00 bits per heavy atom. The Morgan fingerprint density at radius 3 is 2.68 bits per heavy atom. The van der Waals surface area contributed by atoms with Gasteiger partial charge in [-0.25, -0.2) is 4.98 Å². The SMILES string of the molecule is COCc1cnc2[nH]cc(-c3cncc(N[C@@H](C(=O)NCC(F)(F)F)C(C)C)c3)c2c1. The van der Waals surface area contributed by atoms with E-state index < -0.39 is 24.7 Å². The van der Waals surface area contributed by atoms with Crippen molar-refractivity contribution in [1.29, 1.82) is 0 Å². The summed E-state index contributed by atoms with van der Waals surface area (Å²) < 4.78 is 42.5.